The van der Waals surface area contributed by atoms with Crippen molar-refractivity contribution in [2.45, 2.75) is 32.4 Å². The van der Waals surface area contributed by atoms with Crippen LogP contribution in [0.5, 0.6) is 0 Å². The lowest BCUT2D eigenvalue weighted by Crippen LogP contribution is -2.42. The number of likely N-dealkylation sites (tertiary alicyclic amines) is 1. The molecule has 1 atom stereocenters. The number of aliphatic hydroxyl groups is 1. The Balaban J connectivity index is 1.87. The average molecular weight is 282 g/mol. The Bertz CT molecular complexity index is 491. The third-order valence-corrected chi connectivity index (χ3v) is 3.63. The molecular weight excluding hydrogens is 264 g/mol. The van der Waals surface area contributed by atoms with Crippen LogP contribution in [0, 0.1) is 5.92 Å². The van der Waals surface area contributed by atoms with Gasteiger partial charge in [0.25, 0.3) is 0 Å². The molecule has 0 saturated carbocycles. The highest BCUT2D eigenvalue weighted by Crippen LogP contribution is 2.20. The molecule has 8 nitrogen and oxygen atoms in total. The van der Waals surface area contributed by atoms with Crippen molar-refractivity contribution in [1.29, 1.82) is 0 Å². The number of carbonyl (C=O) groups is 2. The van der Waals surface area contributed by atoms with Gasteiger partial charge in [-0.2, -0.15) is 0 Å². The third-order valence-electron chi connectivity index (χ3n) is 3.63. The lowest BCUT2D eigenvalue weighted by Gasteiger charge is -2.33. The zero-order chi connectivity index (χ0) is 14.7. The molecule has 110 valence electrons. The summed E-state index contributed by atoms with van der Waals surface area (Å²) in [4.78, 5) is 24.4. The number of rotatable bonds is 4. The second-order valence-electron chi connectivity index (χ2n) is 5.07. The van der Waals surface area contributed by atoms with Crippen LogP contribution in [0.2, 0.25) is 0 Å². The Hall–Kier alpha value is -1.96. The molecule has 2 heterocycles. The zero-order valence-corrected chi connectivity index (χ0v) is 11.3. The Morgan fingerprint density at radius 1 is 1.45 bits per heavy atom. The molecule has 20 heavy (non-hydrogen) atoms. The molecular formula is C12H18N4O4. The van der Waals surface area contributed by atoms with E-state index in [1.807, 2.05) is 0 Å². The van der Waals surface area contributed by atoms with Crippen molar-refractivity contribution >= 4 is 11.9 Å². The lowest BCUT2D eigenvalue weighted by atomic mass is 9.92. The fourth-order valence-corrected chi connectivity index (χ4v) is 2.34. The summed E-state index contributed by atoms with van der Waals surface area (Å²) in [5.41, 5.74) is -0.175. The van der Waals surface area contributed by atoms with Crippen LogP contribution in [0.15, 0.2) is 6.20 Å². The molecule has 0 aliphatic carbocycles. The van der Waals surface area contributed by atoms with Crippen LogP contribution in [-0.4, -0.2) is 61.2 Å². The second-order valence-corrected chi connectivity index (χ2v) is 5.07. The normalized spacial score (nSPS) is 18.0. The number of carbonyl (C=O) groups excluding carboxylic acids is 1. The fourth-order valence-electron chi connectivity index (χ4n) is 2.34. The van der Waals surface area contributed by atoms with Crippen LogP contribution in [-0.2, 0) is 11.3 Å². The minimum absolute atomic E-state index is 0.0143. The molecule has 0 radical (unpaired) electrons. The van der Waals surface area contributed by atoms with Gasteiger partial charge in [-0.3, -0.25) is 4.79 Å². The van der Waals surface area contributed by atoms with Gasteiger partial charge >= 0.3 is 5.97 Å². The number of hydrogen-bond acceptors (Lipinski definition) is 5. The number of aliphatic hydroxyl groups excluding tert-OH is 1. The molecule has 0 bridgehead atoms. The van der Waals surface area contributed by atoms with Crippen LogP contribution in [0.25, 0.3) is 0 Å². The number of nitrogens with zero attached hydrogens (tertiary/aromatic N) is 4. The molecule has 1 aliphatic heterocycles. The van der Waals surface area contributed by atoms with Crippen LogP contribution >= 0.6 is 0 Å². The first-order chi connectivity index (χ1) is 9.47. The molecule has 1 saturated heterocycles. The van der Waals surface area contributed by atoms with Gasteiger partial charge in [-0.05, 0) is 25.7 Å². The minimum atomic E-state index is -1.17. The number of aromatic nitrogens is 3. The van der Waals surface area contributed by atoms with E-state index in [4.69, 9.17) is 5.11 Å². The molecule has 0 spiro atoms. The van der Waals surface area contributed by atoms with Crippen LogP contribution in [0.3, 0.4) is 0 Å². The summed E-state index contributed by atoms with van der Waals surface area (Å²) in [5, 5.41) is 25.3. The van der Waals surface area contributed by atoms with Gasteiger partial charge in [0.15, 0.2) is 5.69 Å². The van der Waals surface area contributed by atoms with Gasteiger partial charge in [-0.15, -0.1) is 5.10 Å². The minimum Gasteiger partial charge on any atom is -0.476 e. The summed E-state index contributed by atoms with van der Waals surface area (Å²) in [6.07, 6.45) is 2.45. The molecule has 1 unspecified atom stereocenters. The van der Waals surface area contributed by atoms with E-state index in [2.05, 4.69) is 10.3 Å². The number of piperidine rings is 1. The van der Waals surface area contributed by atoms with E-state index in [9.17, 15) is 14.7 Å². The maximum absolute atomic E-state index is 12.1. The molecule has 1 aromatic heterocycles. The lowest BCUT2D eigenvalue weighted by molar-refractivity contribution is -0.134. The van der Waals surface area contributed by atoms with Gasteiger partial charge in [0, 0.05) is 13.1 Å². The molecule has 2 N–H and O–H groups in total. The quantitative estimate of drug-likeness (QED) is 0.777. The van der Waals surface area contributed by atoms with Crippen molar-refractivity contribution in [3.63, 3.8) is 0 Å². The third kappa shape index (κ3) is 3.32. The first-order valence-electron chi connectivity index (χ1n) is 6.56. The van der Waals surface area contributed by atoms with Crippen molar-refractivity contribution in [3.05, 3.63) is 11.9 Å². The average Bonchev–Trinajstić information content (AvgIpc) is 2.87. The maximum atomic E-state index is 12.1. The highest BCUT2D eigenvalue weighted by molar-refractivity contribution is 5.84. The highest BCUT2D eigenvalue weighted by Gasteiger charge is 2.25. The molecule has 1 amide bonds. The van der Waals surface area contributed by atoms with Crippen molar-refractivity contribution in [3.8, 4) is 0 Å². The SMILES string of the molecule is CC(O)C1CCN(C(=O)Cn2cc(C(=O)O)nn2)CC1. The predicted molar refractivity (Wildman–Crippen MR) is 68.0 cm³/mol. The maximum Gasteiger partial charge on any atom is 0.358 e. The zero-order valence-electron chi connectivity index (χ0n) is 11.3. The first-order valence-corrected chi connectivity index (χ1v) is 6.56. The predicted octanol–water partition coefficient (Wildman–Crippen LogP) is -0.404. The summed E-state index contributed by atoms with van der Waals surface area (Å²) in [6.45, 7) is 2.97. The van der Waals surface area contributed by atoms with Gasteiger partial charge in [-0.1, -0.05) is 5.21 Å². The summed E-state index contributed by atoms with van der Waals surface area (Å²) in [5.74, 6) is -1.04. The number of hydrogen-bond donors (Lipinski definition) is 2. The standard InChI is InChI=1S/C12H18N4O4/c1-8(17)9-2-4-15(5-3-9)11(18)7-16-6-10(12(19)20)13-14-16/h6,8-9,17H,2-5,7H2,1H3,(H,19,20). The summed E-state index contributed by atoms with van der Waals surface area (Å²) < 4.78 is 1.23. The largest absolute Gasteiger partial charge is 0.476 e. The number of carboxylic acid groups (broad SMARTS) is 1. The van der Waals surface area contributed by atoms with Crippen molar-refractivity contribution in [2.75, 3.05) is 13.1 Å². The molecule has 2 rings (SSSR count). The molecule has 1 aliphatic rings. The number of carboxylic acids is 1. The second kappa shape index (κ2) is 6.00. The van der Waals surface area contributed by atoms with Gasteiger partial charge in [-0.25, -0.2) is 9.48 Å². The van der Waals surface area contributed by atoms with Gasteiger partial charge in [0.05, 0.1) is 12.3 Å². The highest BCUT2D eigenvalue weighted by atomic mass is 16.4. The molecule has 0 aromatic carbocycles. The van der Waals surface area contributed by atoms with E-state index in [1.54, 1.807) is 11.8 Å². The van der Waals surface area contributed by atoms with Crippen LogP contribution < -0.4 is 0 Å². The monoisotopic (exact) mass is 282 g/mol. The summed E-state index contributed by atoms with van der Waals surface area (Å²) in [7, 11) is 0. The van der Waals surface area contributed by atoms with Crippen molar-refractivity contribution < 1.29 is 19.8 Å². The van der Waals surface area contributed by atoms with Crippen molar-refractivity contribution in [1.82, 2.24) is 19.9 Å². The Morgan fingerprint density at radius 2 is 2.10 bits per heavy atom. The Kier molecular flexibility index (Phi) is 4.33. The molecule has 1 aromatic rings. The van der Waals surface area contributed by atoms with E-state index in [1.165, 1.54) is 10.9 Å². The fraction of sp³-hybridized carbons (Fsp3) is 0.667. The number of amides is 1. The topological polar surface area (TPSA) is 109 Å². The van der Waals surface area contributed by atoms with E-state index in [-0.39, 0.29) is 30.2 Å². The van der Waals surface area contributed by atoms with Gasteiger partial charge in [0.1, 0.15) is 6.54 Å². The van der Waals surface area contributed by atoms with Crippen LogP contribution in [0.1, 0.15) is 30.3 Å². The van der Waals surface area contributed by atoms with E-state index < -0.39 is 5.97 Å². The van der Waals surface area contributed by atoms with E-state index >= 15 is 0 Å². The number of aromatic carboxylic acids is 1. The van der Waals surface area contributed by atoms with E-state index in [0.717, 1.165) is 12.8 Å². The molecule has 8 heteroatoms. The molecule has 1 fully saturated rings. The Morgan fingerprint density at radius 3 is 2.60 bits per heavy atom. The first kappa shape index (κ1) is 14.4. The van der Waals surface area contributed by atoms with Gasteiger partial charge in [0.2, 0.25) is 5.91 Å². The summed E-state index contributed by atoms with van der Waals surface area (Å²) in [6, 6.07) is 0. The Labute approximate surface area is 116 Å². The van der Waals surface area contributed by atoms with E-state index in [0.29, 0.717) is 13.1 Å². The summed E-state index contributed by atoms with van der Waals surface area (Å²) >= 11 is 0. The van der Waals surface area contributed by atoms with Crippen LogP contribution in [0.4, 0.5) is 0 Å². The van der Waals surface area contributed by atoms with Crippen molar-refractivity contribution in [2.24, 2.45) is 5.92 Å². The van der Waals surface area contributed by atoms with Gasteiger partial charge < -0.3 is 15.1 Å². The smallest absolute Gasteiger partial charge is 0.358 e.